The molecule has 1 aliphatic heterocycles. The van der Waals surface area contributed by atoms with E-state index in [1.54, 1.807) is 29.2 Å². The minimum atomic E-state index is -1.38. The quantitative estimate of drug-likeness (QED) is 0.901. The average molecular weight is 350 g/mol. The molecule has 2 aromatic carbocycles. The van der Waals surface area contributed by atoms with Gasteiger partial charge in [-0.15, -0.1) is 0 Å². The Balaban J connectivity index is 2.12. The molecule has 0 bridgehead atoms. The van der Waals surface area contributed by atoms with Crippen LogP contribution in [-0.4, -0.2) is 23.6 Å². The number of amides is 2. The van der Waals surface area contributed by atoms with Crippen LogP contribution in [0.25, 0.3) is 0 Å². The number of hydrogen-bond donors (Lipinski definition) is 1. The van der Waals surface area contributed by atoms with Crippen molar-refractivity contribution in [2.45, 2.75) is 38.8 Å². The van der Waals surface area contributed by atoms with Crippen LogP contribution >= 0.6 is 0 Å². The summed E-state index contributed by atoms with van der Waals surface area (Å²) in [7, 11) is 0. The molecule has 2 aromatic rings. The normalized spacial score (nSPS) is 18.8. The van der Waals surface area contributed by atoms with Gasteiger partial charge in [0.1, 0.15) is 5.78 Å². The van der Waals surface area contributed by atoms with Crippen molar-refractivity contribution >= 4 is 23.3 Å². The number of carbonyl (C=O) groups excluding carboxylic acids is 3. The summed E-state index contributed by atoms with van der Waals surface area (Å²) >= 11 is 0. The maximum Gasteiger partial charge on any atom is 0.258 e. The van der Waals surface area contributed by atoms with Crippen molar-refractivity contribution in [1.82, 2.24) is 5.32 Å². The minimum Gasteiger partial charge on any atom is -0.333 e. The highest BCUT2D eigenvalue weighted by molar-refractivity contribution is 6.12. The van der Waals surface area contributed by atoms with Crippen molar-refractivity contribution in [2.24, 2.45) is 0 Å². The molecule has 3 rings (SSSR count). The Hall–Kier alpha value is -2.95. The summed E-state index contributed by atoms with van der Waals surface area (Å²) in [5, 5.41) is 2.88. The summed E-state index contributed by atoms with van der Waals surface area (Å²) in [5.74, 6) is -0.805. The summed E-state index contributed by atoms with van der Waals surface area (Å²) in [6.07, 6.45) is -0.0787. The molecule has 26 heavy (non-hydrogen) atoms. The van der Waals surface area contributed by atoms with Crippen LogP contribution < -0.4 is 10.2 Å². The maximum absolute atomic E-state index is 13.4. The molecule has 1 N–H and O–H groups in total. The zero-order chi connectivity index (χ0) is 18.9. The number of para-hydroxylation sites is 1. The number of carbonyl (C=O) groups is 3. The van der Waals surface area contributed by atoms with E-state index in [9.17, 15) is 14.4 Å². The second kappa shape index (κ2) is 6.75. The van der Waals surface area contributed by atoms with Crippen LogP contribution in [0, 0.1) is 0 Å². The number of nitrogens with one attached hydrogen (secondary N) is 1. The van der Waals surface area contributed by atoms with Crippen molar-refractivity contribution < 1.29 is 14.4 Å². The van der Waals surface area contributed by atoms with Gasteiger partial charge in [0, 0.05) is 23.6 Å². The molecule has 2 amide bonds. The third-order valence-corrected chi connectivity index (χ3v) is 4.60. The first-order chi connectivity index (χ1) is 12.4. The van der Waals surface area contributed by atoms with E-state index in [1.807, 2.05) is 44.2 Å². The Bertz CT molecular complexity index is 861. The standard InChI is InChI=1S/C21H22N2O3/c1-14(2)23-18-12-8-7-11-17(18)21(20(23)26,13-15(3)24)22-19(25)16-9-5-4-6-10-16/h4-12,14H,13H2,1-3H3,(H,22,25)/t21-/m1/s1. The van der Waals surface area contributed by atoms with E-state index in [0.29, 0.717) is 11.1 Å². The molecule has 0 spiro atoms. The van der Waals surface area contributed by atoms with Gasteiger partial charge in [-0.2, -0.15) is 0 Å². The van der Waals surface area contributed by atoms with E-state index in [2.05, 4.69) is 5.32 Å². The molecule has 0 unspecified atom stereocenters. The van der Waals surface area contributed by atoms with Crippen molar-refractivity contribution in [2.75, 3.05) is 4.90 Å². The first-order valence-electron chi connectivity index (χ1n) is 8.67. The molecular formula is C21H22N2O3. The van der Waals surface area contributed by atoms with Gasteiger partial charge in [0.2, 0.25) is 0 Å². The lowest BCUT2D eigenvalue weighted by molar-refractivity contribution is -0.129. The average Bonchev–Trinajstić information content (AvgIpc) is 2.84. The van der Waals surface area contributed by atoms with Crippen molar-refractivity contribution in [1.29, 1.82) is 0 Å². The smallest absolute Gasteiger partial charge is 0.258 e. The van der Waals surface area contributed by atoms with Gasteiger partial charge in [0.15, 0.2) is 5.54 Å². The fourth-order valence-electron chi connectivity index (χ4n) is 3.55. The zero-order valence-corrected chi connectivity index (χ0v) is 15.2. The molecule has 0 saturated carbocycles. The Morgan fingerprint density at radius 2 is 1.65 bits per heavy atom. The van der Waals surface area contributed by atoms with Gasteiger partial charge >= 0.3 is 0 Å². The first-order valence-corrected chi connectivity index (χ1v) is 8.67. The highest BCUT2D eigenvalue weighted by Crippen LogP contribution is 2.43. The highest BCUT2D eigenvalue weighted by Gasteiger charge is 2.53. The van der Waals surface area contributed by atoms with Crippen LogP contribution in [0.2, 0.25) is 0 Å². The van der Waals surface area contributed by atoms with Crippen LogP contribution in [0.5, 0.6) is 0 Å². The predicted octanol–water partition coefficient (Wildman–Crippen LogP) is 3.05. The molecule has 1 aliphatic rings. The van der Waals surface area contributed by atoms with Gasteiger partial charge in [-0.1, -0.05) is 36.4 Å². The third kappa shape index (κ3) is 2.90. The molecule has 0 aliphatic carbocycles. The van der Waals surface area contributed by atoms with Crippen LogP contribution in [-0.2, 0) is 15.1 Å². The van der Waals surface area contributed by atoms with Gasteiger partial charge in [-0.3, -0.25) is 14.4 Å². The fourth-order valence-corrected chi connectivity index (χ4v) is 3.55. The third-order valence-electron chi connectivity index (χ3n) is 4.60. The lowest BCUT2D eigenvalue weighted by Crippen LogP contribution is -2.55. The molecule has 0 saturated heterocycles. The molecule has 5 nitrogen and oxygen atoms in total. The van der Waals surface area contributed by atoms with Gasteiger partial charge in [0.25, 0.3) is 11.8 Å². The van der Waals surface area contributed by atoms with E-state index < -0.39 is 5.54 Å². The van der Waals surface area contributed by atoms with Gasteiger partial charge in [-0.25, -0.2) is 0 Å². The Kier molecular flexibility index (Phi) is 4.64. The van der Waals surface area contributed by atoms with Crippen molar-refractivity contribution in [3.05, 3.63) is 65.7 Å². The second-order valence-corrected chi connectivity index (χ2v) is 6.89. The summed E-state index contributed by atoms with van der Waals surface area (Å²) in [6, 6.07) is 15.9. The Labute approximate surface area is 153 Å². The van der Waals surface area contributed by atoms with Crippen LogP contribution in [0.1, 0.15) is 43.1 Å². The van der Waals surface area contributed by atoms with Crippen LogP contribution in [0.15, 0.2) is 54.6 Å². The number of rotatable bonds is 5. The number of Topliss-reactive ketones (excluding diaryl/α,β-unsaturated/α-hetero) is 1. The summed E-state index contributed by atoms with van der Waals surface area (Å²) in [6.45, 7) is 5.26. The molecule has 5 heteroatoms. The predicted molar refractivity (Wildman–Crippen MR) is 99.9 cm³/mol. The van der Waals surface area contributed by atoms with Crippen LogP contribution in [0.3, 0.4) is 0 Å². The number of benzene rings is 2. The zero-order valence-electron chi connectivity index (χ0n) is 15.2. The summed E-state index contributed by atoms with van der Waals surface area (Å²) in [5.41, 5.74) is 0.476. The van der Waals surface area contributed by atoms with Gasteiger partial charge < -0.3 is 10.2 Å². The summed E-state index contributed by atoms with van der Waals surface area (Å²) < 4.78 is 0. The maximum atomic E-state index is 13.4. The van der Waals surface area contributed by atoms with Gasteiger partial charge in [0.05, 0.1) is 5.69 Å². The van der Waals surface area contributed by atoms with Gasteiger partial charge in [-0.05, 0) is 39.0 Å². The van der Waals surface area contributed by atoms with E-state index in [1.165, 1.54) is 6.92 Å². The minimum absolute atomic E-state index is 0.0787. The number of ketones is 1. The highest BCUT2D eigenvalue weighted by atomic mass is 16.2. The number of anilines is 1. The SMILES string of the molecule is CC(=O)C[C@]1(NC(=O)c2ccccc2)C(=O)N(C(C)C)c2ccccc21. The monoisotopic (exact) mass is 350 g/mol. The van der Waals surface area contributed by atoms with E-state index >= 15 is 0 Å². The molecule has 1 heterocycles. The van der Waals surface area contributed by atoms with Crippen molar-refractivity contribution in [3.8, 4) is 0 Å². The number of nitrogens with zero attached hydrogens (tertiary/aromatic N) is 1. The Morgan fingerprint density at radius 3 is 2.27 bits per heavy atom. The van der Waals surface area contributed by atoms with E-state index in [-0.39, 0.29) is 30.1 Å². The van der Waals surface area contributed by atoms with Crippen molar-refractivity contribution in [3.63, 3.8) is 0 Å². The lowest BCUT2D eigenvalue weighted by atomic mass is 9.86. The van der Waals surface area contributed by atoms with E-state index in [4.69, 9.17) is 0 Å². The molecule has 0 fully saturated rings. The topological polar surface area (TPSA) is 66.5 Å². The molecule has 0 aromatic heterocycles. The molecule has 134 valence electrons. The molecular weight excluding hydrogens is 328 g/mol. The van der Waals surface area contributed by atoms with E-state index in [0.717, 1.165) is 5.69 Å². The largest absolute Gasteiger partial charge is 0.333 e. The van der Waals surface area contributed by atoms with Crippen LogP contribution in [0.4, 0.5) is 5.69 Å². The summed E-state index contributed by atoms with van der Waals surface area (Å²) in [4.78, 5) is 39.9. The number of fused-ring (bicyclic) bond motifs is 1. The molecule has 1 atom stereocenters. The first kappa shape index (κ1) is 17.9. The fraction of sp³-hybridized carbons (Fsp3) is 0.286. The lowest BCUT2D eigenvalue weighted by Gasteiger charge is -2.30. The Morgan fingerprint density at radius 1 is 1.04 bits per heavy atom. The molecule has 0 radical (unpaired) electrons. The number of hydrogen-bond acceptors (Lipinski definition) is 3. The second-order valence-electron chi connectivity index (χ2n) is 6.89.